The number of hydrogen-bond donors (Lipinski definition) is 1. The monoisotopic (exact) mass is 518 g/mol. The van der Waals surface area contributed by atoms with Gasteiger partial charge < -0.3 is 29.4 Å². The van der Waals surface area contributed by atoms with E-state index in [1.54, 1.807) is 29.9 Å². The van der Waals surface area contributed by atoms with Crippen LogP contribution in [0.15, 0.2) is 48.7 Å². The van der Waals surface area contributed by atoms with Gasteiger partial charge in [-0.05, 0) is 42.8 Å². The first-order chi connectivity index (χ1) is 18.6. The highest BCUT2D eigenvalue weighted by Crippen LogP contribution is 2.33. The summed E-state index contributed by atoms with van der Waals surface area (Å²) < 4.78 is 13.2. The Hall–Kier alpha value is -4.25. The zero-order valence-corrected chi connectivity index (χ0v) is 21.2. The van der Waals surface area contributed by atoms with Gasteiger partial charge in [0.25, 0.3) is 5.91 Å². The Bertz CT molecular complexity index is 1300. The molecule has 2 aliphatic rings. The second-order valence-electron chi connectivity index (χ2n) is 9.19. The van der Waals surface area contributed by atoms with Gasteiger partial charge in [0.2, 0.25) is 5.91 Å². The summed E-state index contributed by atoms with van der Waals surface area (Å²) in [6.45, 7) is 3.64. The van der Waals surface area contributed by atoms with E-state index in [4.69, 9.17) is 9.47 Å². The van der Waals surface area contributed by atoms with Crippen LogP contribution in [0.1, 0.15) is 34.5 Å². The first kappa shape index (κ1) is 25.4. The van der Waals surface area contributed by atoms with Crippen LogP contribution in [0.5, 0.6) is 5.75 Å². The SMILES string of the molecule is CNC(=O)CCC(C=O)N1Cc2c(OCc3cn(-c4ccc(N5CCOCC5)cc4)nn3)cccc2C1=O. The van der Waals surface area contributed by atoms with E-state index in [9.17, 15) is 14.4 Å². The molecular weight excluding hydrogens is 488 g/mol. The minimum Gasteiger partial charge on any atom is -0.487 e. The minimum atomic E-state index is -0.686. The second-order valence-corrected chi connectivity index (χ2v) is 9.19. The molecule has 1 N–H and O–H groups in total. The van der Waals surface area contributed by atoms with Crippen LogP contribution >= 0.6 is 0 Å². The summed E-state index contributed by atoms with van der Waals surface area (Å²) in [4.78, 5) is 40.1. The first-order valence-corrected chi connectivity index (χ1v) is 12.6. The van der Waals surface area contributed by atoms with Gasteiger partial charge >= 0.3 is 0 Å². The number of morpholine rings is 1. The number of benzene rings is 2. The topological polar surface area (TPSA) is 119 Å². The lowest BCUT2D eigenvalue weighted by molar-refractivity contribution is -0.121. The molecule has 3 heterocycles. The summed E-state index contributed by atoms with van der Waals surface area (Å²) in [5.74, 6) is 0.135. The lowest BCUT2D eigenvalue weighted by Gasteiger charge is -2.28. The number of anilines is 1. The van der Waals surface area contributed by atoms with Crippen LogP contribution in [-0.2, 0) is 27.5 Å². The fourth-order valence-corrected chi connectivity index (χ4v) is 4.71. The van der Waals surface area contributed by atoms with E-state index in [-0.39, 0.29) is 37.8 Å². The molecule has 2 aliphatic heterocycles. The molecule has 1 fully saturated rings. The van der Waals surface area contributed by atoms with Crippen molar-refractivity contribution in [1.29, 1.82) is 0 Å². The fraction of sp³-hybridized carbons (Fsp3) is 0.370. The van der Waals surface area contributed by atoms with Gasteiger partial charge in [-0.2, -0.15) is 0 Å². The van der Waals surface area contributed by atoms with Gasteiger partial charge in [0.15, 0.2) is 0 Å². The maximum Gasteiger partial charge on any atom is 0.255 e. The standard InChI is InChI=1S/C27H30N6O5/c1-28-26(35)10-9-22(17-34)32-16-24-23(27(32)36)3-2-4-25(24)38-18-19-15-33(30-29-19)21-7-5-20(6-8-21)31-11-13-37-14-12-31/h2-8,15,17,22H,9-14,16,18H2,1H3,(H,28,35). The molecule has 0 bridgehead atoms. The Kier molecular flexibility index (Phi) is 7.64. The average molecular weight is 519 g/mol. The van der Waals surface area contributed by atoms with Crippen LogP contribution in [0.4, 0.5) is 5.69 Å². The maximum atomic E-state index is 13.0. The molecule has 1 saturated heterocycles. The van der Waals surface area contributed by atoms with E-state index in [1.165, 1.54) is 4.90 Å². The summed E-state index contributed by atoms with van der Waals surface area (Å²) >= 11 is 0. The number of aromatic nitrogens is 3. The molecule has 3 aromatic rings. The number of nitrogens with one attached hydrogen (secondary N) is 1. The molecule has 0 aliphatic carbocycles. The van der Waals surface area contributed by atoms with Crippen molar-refractivity contribution >= 4 is 23.8 Å². The molecule has 1 atom stereocenters. The Labute approximate surface area is 220 Å². The van der Waals surface area contributed by atoms with E-state index in [2.05, 4.69) is 32.7 Å². The van der Waals surface area contributed by atoms with E-state index >= 15 is 0 Å². The molecular formula is C27H30N6O5. The number of hydrogen-bond acceptors (Lipinski definition) is 8. The summed E-state index contributed by atoms with van der Waals surface area (Å²) in [6.07, 6.45) is 2.95. The number of rotatable bonds is 10. The fourth-order valence-electron chi connectivity index (χ4n) is 4.71. The van der Waals surface area contributed by atoms with Crippen molar-refractivity contribution in [3.8, 4) is 11.4 Å². The van der Waals surface area contributed by atoms with Crippen molar-refractivity contribution in [2.24, 2.45) is 0 Å². The van der Waals surface area contributed by atoms with Crippen LogP contribution in [-0.4, -0.2) is 77.4 Å². The van der Waals surface area contributed by atoms with Gasteiger partial charge in [0.1, 0.15) is 24.3 Å². The van der Waals surface area contributed by atoms with Gasteiger partial charge in [-0.3, -0.25) is 9.59 Å². The minimum absolute atomic E-state index is 0.162. The van der Waals surface area contributed by atoms with Gasteiger partial charge in [-0.15, -0.1) is 5.10 Å². The van der Waals surface area contributed by atoms with Crippen LogP contribution in [0.2, 0.25) is 0 Å². The predicted molar refractivity (Wildman–Crippen MR) is 138 cm³/mol. The van der Waals surface area contributed by atoms with E-state index in [1.807, 2.05) is 18.3 Å². The molecule has 1 aromatic heterocycles. The van der Waals surface area contributed by atoms with Gasteiger partial charge in [0, 0.05) is 43.4 Å². The third-order valence-corrected chi connectivity index (χ3v) is 6.86. The smallest absolute Gasteiger partial charge is 0.255 e. The number of carbonyl (C=O) groups is 3. The van der Waals surface area contributed by atoms with Crippen molar-refractivity contribution in [2.45, 2.75) is 32.0 Å². The Morgan fingerprint density at radius 2 is 1.92 bits per heavy atom. The molecule has 0 spiro atoms. The van der Waals surface area contributed by atoms with Gasteiger partial charge in [-0.25, -0.2) is 4.68 Å². The number of ether oxygens (including phenoxy) is 2. The van der Waals surface area contributed by atoms with Crippen LogP contribution in [0.3, 0.4) is 0 Å². The molecule has 2 aromatic carbocycles. The predicted octanol–water partition coefficient (Wildman–Crippen LogP) is 1.73. The third-order valence-electron chi connectivity index (χ3n) is 6.86. The Balaban J connectivity index is 1.23. The molecule has 1 unspecified atom stereocenters. The summed E-state index contributed by atoms with van der Waals surface area (Å²) in [5.41, 5.74) is 3.89. The van der Waals surface area contributed by atoms with Crippen molar-refractivity contribution in [3.05, 3.63) is 65.5 Å². The third kappa shape index (κ3) is 5.37. The van der Waals surface area contributed by atoms with Crippen molar-refractivity contribution in [1.82, 2.24) is 25.2 Å². The number of fused-ring (bicyclic) bond motifs is 1. The number of amides is 2. The summed E-state index contributed by atoms with van der Waals surface area (Å²) in [6, 6.07) is 12.7. The van der Waals surface area contributed by atoms with Crippen molar-refractivity contribution in [3.63, 3.8) is 0 Å². The summed E-state index contributed by atoms with van der Waals surface area (Å²) in [7, 11) is 1.54. The van der Waals surface area contributed by atoms with Crippen LogP contribution < -0.4 is 15.0 Å². The molecule has 0 radical (unpaired) electrons. The van der Waals surface area contributed by atoms with Crippen molar-refractivity contribution in [2.75, 3.05) is 38.3 Å². The number of nitrogens with zero attached hydrogens (tertiary/aromatic N) is 5. The molecule has 198 valence electrons. The zero-order valence-electron chi connectivity index (χ0n) is 21.2. The lowest BCUT2D eigenvalue weighted by atomic mass is 10.1. The molecule has 38 heavy (non-hydrogen) atoms. The maximum absolute atomic E-state index is 13.0. The highest BCUT2D eigenvalue weighted by molar-refractivity contribution is 6.00. The average Bonchev–Trinajstić information content (AvgIpc) is 3.58. The van der Waals surface area contributed by atoms with Crippen LogP contribution in [0.25, 0.3) is 5.69 Å². The summed E-state index contributed by atoms with van der Waals surface area (Å²) in [5, 5.41) is 11.0. The van der Waals surface area contributed by atoms with E-state index in [0.717, 1.165) is 49.5 Å². The van der Waals surface area contributed by atoms with Crippen LogP contribution in [0, 0.1) is 0 Å². The number of aldehydes is 1. The van der Waals surface area contributed by atoms with E-state index < -0.39 is 6.04 Å². The largest absolute Gasteiger partial charge is 0.487 e. The second kappa shape index (κ2) is 11.4. The zero-order chi connectivity index (χ0) is 26.5. The lowest BCUT2D eigenvalue weighted by Crippen LogP contribution is -2.37. The molecule has 5 rings (SSSR count). The normalized spacial score (nSPS) is 15.8. The van der Waals surface area contributed by atoms with Gasteiger partial charge in [-0.1, -0.05) is 11.3 Å². The number of carbonyl (C=O) groups excluding carboxylic acids is 3. The molecule has 2 amide bonds. The quantitative estimate of drug-likeness (QED) is 0.403. The van der Waals surface area contributed by atoms with E-state index in [0.29, 0.717) is 17.0 Å². The first-order valence-electron chi connectivity index (χ1n) is 12.6. The highest BCUT2D eigenvalue weighted by atomic mass is 16.5. The van der Waals surface area contributed by atoms with Gasteiger partial charge in [0.05, 0.1) is 37.7 Å². The highest BCUT2D eigenvalue weighted by Gasteiger charge is 2.34. The molecule has 11 heteroatoms. The molecule has 11 nitrogen and oxygen atoms in total. The Morgan fingerprint density at radius 1 is 1.16 bits per heavy atom. The Morgan fingerprint density at radius 3 is 2.66 bits per heavy atom. The van der Waals surface area contributed by atoms with Crippen molar-refractivity contribution < 1.29 is 23.9 Å². The molecule has 0 saturated carbocycles.